The van der Waals surface area contributed by atoms with E-state index in [4.69, 9.17) is 0 Å². The average molecular weight is 272 g/mol. The van der Waals surface area contributed by atoms with Crippen molar-refractivity contribution < 1.29 is 4.79 Å². The number of carbonyl (C=O) groups is 1. The van der Waals surface area contributed by atoms with Crippen LogP contribution in [0.3, 0.4) is 0 Å². The van der Waals surface area contributed by atoms with Crippen LogP contribution >= 0.6 is 0 Å². The predicted molar refractivity (Wildman–Crippen MR) is 80.3 cm³/mol. The molecule has 2 fully saturated rings. The molecule has 1 atom stereocenters. The van der Waals surface area contributed by atoms with E-state index in [-0.39, 0.29) is 11.7 Å². The molecule has 2 aliphatic rings. The molecule has 1 N–H and O–H groups in total. The average Bonchev–Trinajstić information content (AvgIpc) is 3.21. The van der Waals surface area contributed by atoms with Gasteiger partial charge in [-0.2, -0.15) is 0 Å². The van der Waals surface area contributed by atoms with Crippen LogP contribution in [0, 0.1) is 0 Å². The minimum atomic E-state index is -0.220. The third-order valence-corrected chi connectivity index (χ3v) is 4.60. The van der Waals surface area contributed by atoms with Crippen molar-refractivity contribution in [1.82, 2.24) is 10.2 Å². The Morgan fingerprint density at radius 3 is 2.50 bits per heavy atom. The number of carbonyl (C=O) groups excluding carboxylic acids is 1. The Hall–Kier alpha value is -1.35. The summed E-state index contributed by atoms with van der Waals surface area (Å²) in [5.74, 6) is 0.315. The molecular weight excluding hydrogens is 248 g/mol. The number of nitrogens with one attached hydrogen (secondary N) is 1. The van der Waals surface area contributed by atoms with Crippen LogP contribution in [0.5, 0.6) is 0 Å². The van der Waals surface area contributed by atoms with Gasteiger partial charge in [-0.05, 0) is 36.8 Å². The highest BCUT2D eigenvalue weighted by Gasteiger charge is 2.59. The fraction of sp³-hybridized carbons (Fsp3) is 0.588. The maximum Gasteiger partial charge on any atom is 0.244 e. The van der Waals surface area contributed by atoms with Gasteiger partial charge >= 0.3 is 0 Å². The molecular formula is C17H24N2O. The molecule has 0 radical (unpaired) electrons. The molecule has 1 aromatic carbocycles. The first-order valence-corrected chi connectivity index (χ1v) is 7.88. The molecule has 0 bridgehead atoms. The Morgan fingerprint density at radius 1 is 1.25 bits per heavy atom. The molecule has 1 aliphatic carbocycles. The van der Waals surface area contributed by atoms with Crippen LogP contribution in [-0.4, -0.2) is 22.9 Å². The lowest BCUT2D eigenvalue weighted by Gasteiger charge is -2.24. The minimum absolute atomic E-state index is 0.0717. The first kappa shape index (κ1) is 13.6. The first-order valence-electron chi connectivity index (χ1n) is 7.88. The smallest absolute Gasteiger partial charge is 0.244 e. The van der Waals surface area contributed by atoms with Gasteiger partial charge < -0.3 is 4.90 Å². The minimum Gasteiger partial charge on any atom is -0.321 e. The fourth-order valence-electron chi connectivity index (χ4n) is 3.03. The largest absolute Gasteiger partial charge is 0.321 e. The molecule has 1 amide bonds. The van der Waals surface area contributed by atoms with E-state index in [0.29, 0.717) is 5.91 Å². The maximum absolute atomic E-state index is 12.6. The zero-order valence-corrected chi connectivity index (χ0v) is 12.5. The summed E-state index contributed by atoms with van der Waals surface area (Å²) in [6.07, 6.45) is 5.32. The normalized spacial score (nSPS) is 23.6. The fourth-order valence-corrected chi connectivity index (χ4v) is 3.03. The van der Waals surface area contributed by atoms with E-state index in [2.05, 4.69) is 48.3 Å². The van der Waals surface area contributed by atoms with Gasteiger partial charge in [0, 0.05) is 6.54 Å². The van der Waals surface area contributed by atoms with Gasteiger partial charge in [-0.3, -0.25) is 10.1 Å². The molecule has 108 valence electrons. The number of nitrogens with zero attached hydrogens (tertiary/aromatic N) is 1. The molecule has 20 heavy (non-hydrogen) atoms. The molecule has 3 nitrogen and oxygen atoms in total. The molecule has 3 rings (SSSR count). The Morgan fingerprint density at radius 2 is 1.95 bits per heavy atom. The third kappa shape index (κ3) is 2.24. The van der Waals surface area contributed by atoms with E-state index in [9.17, 15) is 4.79 Å². The van der Waals surface area contributed by atoms with E-state index < -0.39 is 0 Å². The van der Waals surface area contributed by atoms with Crippen LogP contribution in [0.4, 0.5) is 0 Å². The monoisotopic (exact) mass is 272 g/mol. The predicted octanol–water partition coefficient (Wildman–Crippen LogP) is 3.01. The second kappa shape index (κ2) is 5.21. The van der Waals surface area contributed by atoms with E-state index in [1.807, 2.05) is 0 Å². The lowest BCUT2D eigenvalue weighted by molar-refractivity contribution is -0.130. The second-order valence-electron chi connectivity index (χ2n) is 6.08. The standard InChI is InChI=1S/C17H24N2O/c1-3-5-12-19-15(18-17(10-11-17)16(19)20)14-8-6-13(4-2)7-9-14/h6-9,15,18H,3-5,10-12H2,1-2H3. The van der Waals surface area contributed by atoms with Crippen LogP contribution in [0.1, 0.15) is 56.8 Å². The van der Waals surface area contributed by atoms with Gasteiger partial charge in [0.25, 0.3) is 0 Å². The van der Waals surface area contributed by atoms with Gasteiger partial charge in [0.05, 0.1) is 0 Å². The zero-order chi connectivity index (χ0) is 14.2. The summed E-state index contributed by atoms with van der Waals surface area (Å²) >= 11 is 0. The molecule has 1 heterocycles. The van der Waals surface area contributed by atoms with Gasteiger partial charge in [-0.1, -0.05) is 44.5 Å². The second-order valence-corrected chi connectivity index (χ2v) is 6.08. The van der Waals surface area contributed by atoms with Crippen LogP contribution in [0.25, 0.3) is 0 Å². The molecule has 1 spiro atoms. The zero-order valence-electron chi connectivity index (χ0n) is 12.5. The number of unbranched alkanes of at least 4 members (excludes halogenated alkanes) is 1. The third-order valence-electron chi connectivity index (χ3n) is 4.60. The summed E-state index contributed by atoms with van der Waals surface area (Å²) in [5.41, 5.74) is 2.34. The van der Waals surface area contributed by atoms with Crippen LogP contribution < -0.4 is 5.32 Å². The van der Waals surface area contributed by atoms with Crippen molar-refractivity contribution in [3.8, 4) is 0 Å². The quantitative estimate of drug-likeness (QED) is 0.893. The molecule has 1 saturated heterocycles. The summed E-state index contributed by atoms with van der Waals surface area (Å²) in [5, 5.41) is 3.58. The Kier molecular flexibility index (Phi) is 3.55. The van der Waals surface area contributed by atoms with E-state index in [1.54, 1.807) is 0 Å². The van der Waals surface area contributed by atoms with E-state index in [1.165, 1.54) is 11.1 Å². The number of aryl methyl sites for hydroxylation is 1. The van der Waals surface area contributed by atoms with Crippen molar-refractivity contribution in [2.24, 2.45) is 0 Å². The number of hydrogen-bond donors (Lipinski definition) is 1. The maximum atomic E-state index is 12.6. The highest BCUT2D eigenvalue weighted by molar-refractivity contribution is 5.92. The van der Waals surface area contributed by atoms with Gasteiger partial charge in [-0.25, -0.2) is 0 Å². The van der Waals surface area contributed by atoms with Crippen molar-refractivity contribution in [2.45, 2.75) is 57.7 Å². The van der Waals surface area contributed by atoms with Gasteiger partial charge in [0.2, 0.25) is 5.91 Å². The number of amides is 1. The van der Waals surface area contributed by atoms with Crippen LogP contribution in [-0.2, 0) is 11.2 Å². The Balaban J connectivity index is 1.83. The first-order chi connectivity index (χ1) is 9.70. The summed E-state index contributed by atoms with van der Waals surface area (Å²) in [7, 11) is 0. The van der Waals surface area contributed by atoms with E-state index in [0.717, 1.165) is 38.6 Å². The molecule has 1 unspecified atom stereocenters. The summed E-state index contributed by atoms with van der Waals surface area (Å²) in [6.45, 7) is 5.20. The topological polar surface area (TPSA) is 32.3 Å². The summed E-state index contributed by atoms with van der Waals surface area (Å²) < 4.78 is 0. The number of hydrogen-bond acceptors (Lipinski definition) is 2. The van der Waals surface area contributed by atoms with Gasteiger partial charge in [0.1, 0.15) is 11.7 Å². The summed E-state index contributed by atoms with van der Waals surface area (Å²) in [4.78, 5) is 14.6. The van der Waals surface area contributed by atoms with Crippen LogP contribution in [0.15, 0.2) is 24.3 Å². The lowest BCUT2D eigenvalue weighted by atomic mass is 10.1. The van der Waals surface area contributed by atoms with Gasteiger partial charge in [0.15, 0.2) is 0 Å². The highest BCUT2D eigenvalue weighted by Crippen LogP contribution is 2.45. The SMILES string of the molecule is CCCCN1C(=O)C2(CC2)NC1c1ccc(CC)cc1. The van der Waals surface area contributed by atoms with Crippen molar-refractivity contribution in [3.05, 3.63) is 35.4 Å². The molecule has 1 aliphatic heterocycles. The Labute approximate surface area is 121 Å². The Bertz CT molecular complexity index is 490. The molecule has 0 aromatic heterocycles. The number of rotatable bonds is 5. The number of benzene rings is 1. The van der Waals surface area contributed by atoms with Crippen molar-refractivity contribution in [3.63, 3.8) is 0 Å². The lowest BCUT2D eigenvalue weighted by Crippen LogP contribution is -2.32. The molecule has 3 heteroatoms. The molecule has 1 saturated carbocycles. The summed E-state index contributed by atoms with van der Waals surface area (Å²) in [6, 6.07) is 8.70. The van der Waals surface area contributed by atoms with Gasteiger partial charge in [-0.15, -0.1) is 0 Å². The van der Waals surface area contributed by atoms with Crippen molar-refractivity contribution in [1.29, 1.82) is 0 Å². The van der Waals surface area contributed by atoms with Crippen LogP contribution in [0.2, 0.25) is 0 Å². The molecule has 1 aromatic rings. The highest BCUT2D eigenvalue weighted by atomic mass is 16.2. The van der Waals surface area contributed by atoms with Crippen molar-refractivity contribution >= 4 is 5.91 Å². The van der Waals surface area contributed by atoms with Crippen molar-refractivity contribution in [2.75, 3.05) is 6.54 Å². The van der Waals surface area contributed by atoms with E-state index >= 15 is 0 Å².